The average Bonchev–Trinajstić information content (AvgIpc) is 2.88. The second-order valence-corrected chi connectivity index (χ2v) is 8.16. The molecule has 4 N–H and O–H groups in total. The van der Waals surface area contributed by atoms with Gasteiger partial charge >= 0.3 is 0 Å². The van der Waals surface area contributed by atoms with Gasteiger partial charge in [-0.1, -0.05) is 42.5 Å². The number of carbonyl (C=O) groups is 4. The molecule has 10 heteroatoms. The number of hydrogen-bond donors (Lipinski definition) is 4. The topological polar surface area (TPSA) is 135 Å². The highest BCUT2D eigenvalue weighted by Gasteiger charge is 2.28. The zero-order valence-corrected chi connectivity index (χ0v) is 20.3. The average molecular weight is 497 g/mol. The molecule has 192 valence electrons. The Balaban J connectivity index is 1.82. The van der Waals surface area contributed by atoms with Crippen LogP contribution >= 0.6 is 0 Å². The van der Waals surface area contributed by atoms with Gasteiger partial charge in [0.1, 0.15) is 24.4 Å². The van der Waals surface area contributed by atoms with E-state index in [0.717, 1.165) is 5.56 Å². The highest BCUT2D eigenvalue weighted by atomic mass is 16.5. The van der Waals surface area contributed by atoms with E-state index in [9.17, 15) is 19.2 Å². The maximum Gasteiger partial charge on any atom is 0.255 e. The number of benzene rings is 2. The molecule has 36 heavy (non-hydrogen) atoms. The van der Waals surface area contributed by atoms with Crippen LogP contribution in [0.2, 0.25) is 0 Å². The van der Waals surface area contributed by atoms with E-state index in [2.05, 4.69) is 21.3 Å². The Morgan fingerprint density at radius 1 is 1.06 bits per heavy atom. The van der Waals surface area contributed by atoms with Crippen LogP contribution in [0.3, 0.4) is 0 Å². The Kier molecular flexibility index (Phi) is 10.3. The van der Waals surface area contributed by atoms with Crippen LogP contribution in [0.15, 0.2) is 54.6 Å². The van der Waals surface area contributed by atoms with Crippen molar-refractivity contribution in [2.24, 2.45) is 0 Å². The number of rotatable bonds is 7. The van der Waals surface area contributed by atoms with Crippen molar-refractivity contribution in [2.45, 2.75) is 31.8 Å². The van der Waals surface area contributed by atoms with E-state index >= 15 is 0 Å². The Morgan fingerprint density at radius 2 is 1.81 bits per heavy atom. The molecular weight excluding hydrogens is 464 g/mol. The van der Waals surface area contributed by atoms with Crippen LogP contribution in [0.1, 0.15) is 29.3 Å². The van der Waals surface area contributed by atoms with E-state index in [1.807, 2.05) is 37.3 Å². The summed E-state index contributed by atoms with van der Waals surface area (Å²) >= 11 is 0. The zero-order valence-electron chi connectivity index (χ0n) is 20.3. The molecule has 1 heterocycles. The Hall–Kier alpha value is -3.92. The third kappa shape index (κ3) is 8.09. The summed E-state index contributed by atoms with van der Waals surface area (Å²) in [6.07, 6.45) is -0.0898. The number of hydrogen-bond acceptors (Lipinski definition) is 6. The first-order valence-corrected chi connectivity index (χ1v) is 12.0. The van der Waals surface area contributed by atoms with Crippen molar-refractivity contribution in [3.63, 3.8) is 0 Å². The third-order valence-corrected chi connectivity index (χ3v) is 5.49. The van der Waals surface area contributed by atoms with E-state index in [-0.39, 0.29) is 44.0 Å². The molecule has 0 radical (unpaired) electrons. The van der Waals surface area contributed by atoms with E-state index in [0.29, 0.717) is 19.0 Å². The van der Waals surface area contributed by atoms with Gasteiger partial charge in [0, 0.05) is 19.6 Å². The standard InChI is InChI=1S/C26H32N4O6/c1-2-35-14-12-27-26(34)21-17-23(31)29-20(16-18-8-4-3-5-9-18)25(33)28-13-15-36-22-11-7-6-10-19(22)24(32)30-21/h3-11,20-21H,2,12-17H2,1H3,(H,27,34)(H,28,33)(H,29,31)(H,30,32)/t20-,21-/m0/s1. The molecule has 0 spiro atoms. The molecule has 0 aliphatic carbocycles. The normalized spacial score (nSPS) is 19.0. The molecule has 1 aliphatic heterocycles. The van der Waals surface area contributed by atoms with Crippen LogP contribution in [0.25, 0.3) is 0 Å². The van der Waals surface area contributed by atoms with Crippen molar-refractivity contribution in [1.82, 2.24) is 21.3 Å². The van der Waals surface area contributed by atoms with Crippen molar-refractivity contribution >= 4 is 23.6 Å². The lowest BCUT2D eigenvalue weighted by atomic mass is 10.0. The molecule has 1 aliphatic rings. The maximum absolute atomic E-state index is 13.0. The van der Waals surface area contributed by atoms with Gasteiger partial charge in [0.15, 0.2) is 0 Å². The molecule has 10 nitrogen and oxygen atoms in total. The van der Waals surface area contributed by atoms with Crippen molar-refractivity contribution < 1.29 is 28.7 Å². The highest BCUT2D eigenvalue weighted by molar-refractivity contribution is 6.01. The van der Waals surface area contributed by atoms with E-state index < -0.39 is 29.8 Å². The van der Waals surface area contributed by atoms with Crippen LogP contribution in [0, 0.1) is 0 Å². The predicted molar refractivity (Wildman–Crippen MR) is 132 cm³/mol. The van der Waals surface area contributed by atoms with Gasteiger partial charge in [-0.05, 0) is 24.6 Å². The lowest BCUT2D eigenvalue weighted by molar-refractivity contribution is -0.131. The molecule has 0 saturated heterocycles. The largest absolute Gasteiger partial charge is 0.491 e. The molecule has 2 aromatic rings. The predicted octanol–water partition coefficient (Wildman–Crippen LogP) is 0.564. The molecule has 0 bridgehead atoms. The van der Waals surface area contributed by atoms with Gasteiger partial charge in [0.25, 0.3) is 5.91 Å². The monoisotopic (exact) mass is 496 g/mol. The first kappa shape index (κ1) is 26.7. The van der Waals surface area contributed by atoms with Crippen molar-refractivity contribution in [1.29, 1.82) is 0 Å². The molecule has 0 aromatic heterocycles. The lowest BCUT2D eigenvalue weighted by Gasteiger charge is -2.23. The molecule has 0 saturated carbocycles. The smallest absolute Gasteiger partial charge is 0.255 e. The fraction of sp³-hybridized carbons (Fsp3) is 0.385. The summed E-state index contributed by atoms with van der Waals surface area (Å²) in [5.74, 6) is -1.69. The summed E-state index contributed by atoms with van der Waals surface area (Å²) in [5, 5.41) is 10.8. The first-order valence-electron chi connectivity index (χ1n) is 12.0. The molecule has 0 unspecified atom stereocenters. The first-order chi connectivity index (χ1) is 17.5. The molecule has 3 rings (SSSR count). The summed E-state index contributed by atoms with van der Waals surface area (Å²) in [7, 11) is 0. The van der Waals surface area contributed by atoms with Crippen LogP contribution in [-0.2, 0) is 25.5 Å². The van der Waals surface area contributed by atoms with Gasteiger partial charge in [-0.25, -0.2) is 0 Å². The van der Waals surface area contributed by atoms with Crippen LogP contribution in [0.5, 0.6) is 5.75 Å². The summed E-state index contributed by atoms with van der Waals surface area (Å²) in [5.41, 5.74) is 1.08. The van der Waals surface area contributed by atoms with Crippen LogP contribution in [0.4, 0.5) is 0 Å². The van der Waals surface area contributed by atoms with Gasteiger partial charge in [-0.2, -0.15) is 0 Å². The van der Waals surface area contributed by atoms with Crippen molar-refractivity contribution in [2.75, 3.05) is 32.9 Å². The second kappa shape index (κ2) is 13.8. The fourth-order valence-electron chi connectivity index (χ4n) is 3.70. The van der Waals surface area contributed by atoms with E-state index in [1.165, 1.54) is 0 Å². The van der Waals surface area contributed by atoms with Gasteiger partial charge in [0.05, 0.1) is 25.1 Å². The Bertz CT molecular complexity index is 1050. The summed E-state index contributed by atoms with van der Waals surface area (Å²) < 4.78 is 11.0. The van der Waals surface area contributed by atoms with Crippen LogP contribution in [-0.4, -0.2) is 68.6 Å². The van der Waals surface area contributed by atoms with E-state index in [1.54, 1.807) is 24.3 Å². The molecule has 2 atom stereocenters. The van der Waals surface area contributed by atoms with Crippen molar-refractivity contribution in [3.8, 4) is 5.75 Å². The molecular formula is C26H32N4O6. The number of fused-ring (bicyclic) bond motifs is 1. The molecule has 0 fully saturated rings. The number of carbonyl (C=O) groups excluding carboxylic acids is 4. The number of amides is 4. The minimum Gasteiger partial charge on any atom is -0.491 e. The summed E-state index contributed by atoms with van der Waals surface area (Å²) in [6.45, 7) is 3.15. The van der Waals surface area contributed by atoms with Crippen molar-refractivity contribution in [3.05, 3.63) is 65.7 Å². The number of nitrogens with one attached hydrogen (secondary N) is 4. The summed E-state index contributed by atoms with van der Waals surface area (Å²) in [6, 6.07) is 13.8. The quantitative estimate of drug-likeness (QED) is 0.414. The zero-order chi connectivity index (χ0) is 25.8. The summed E-state index contributed by atoms with van der Waals surface area (Å²) in [4.78, 5) is 51.8. The van der Waals surface area contributed by atoms with E-state index in [4.69, 9.17) is 9.47 Å². The van der Waals surface area contributed by atoms with Gasteiger partial charge < -0.3 is 30.7 Å². The second-order valence-electron chi connectivity index (χ2n) is 8.16. The Morgan fingerprint density at radius 3 is 2.58 bits per heavy atom. The molecule has 2 aromatic carbocycles. The van der Waals surface area contributed by atoms with Crippen LogP contribution < -0.4 is 26.0 Å². The maximum atomic E-state index is 13.0. The van der Waals surface area contributed by atoms with Gasteiger partial charge in [-0.15, -0.1) is 0 Å². The third-order valence-electron chi connectivity index (χ3n) is 5.49. The molecule has 4 amide bonds. The number of ether oxygens (including phenoxy) is 2. The number of para-hydroxylation sites is 1. The Labute approximate surface area is 210 Å². The SMILES string of the molecule is CCOCCNC(=O)[C@@H]1CC(=O)N[C@@H](Cc2ccccc2)C(=O)NCCOc2ccccc2C(=O)N1. The highest BCUT2D eigenvalue weighted by Crippen LogP contribution is 2.18. The lowest BCUT2D eigenvalue weighted by Crippen LogP contribution is -2.53. The minimum absolute atomic E-state index is 0.114. The van der Waals surface area contributed by atoms with Gasteiger partial charge in [-0.3, -0.25) is 19.2 Å². The minimum atomic E-state index is -1.17. The van der Waals surface area contributed by atoms with Gasteiger partial charge in [0.2, 0.25) is 17.7 Å². The fourth-order valence-corrected chi connectivity index (χ4v) is 3.70.